The van der Waals surface area contributed by atoms with Gasteiger partial charge in [0.1, 0.15) is 11.5 Å². The van der Waals surface area contributed by atoms with Gasteiger partial charge in [-0.15, -0.1) is 0 Å². The van der Waals surface area contributed by atoms with Crippen LogP contribution in [-0.2, 0) is 21.2 Å². The number of ether oxygens (including phenoxy) is 2. The SMILES string of the molecule is CCOc1ccc(Oc2ccccc2NS(=O)(=O)c2ccc3c(c2)CC(=O)N3)cc1. The largest absolute Gasteiger partial charge is 0.494 e. The molecule has 0 unspecified atom stereocenters. The normalized spacial score (nSPS) is 12.8. The second kappa shape index (κ2) is 8.08. The lowest BCUT2D eigenvalue weighted by Gasteiger charge is -2.14. The van der Waals surface area contributed by atoms with Crippen LogP contribution >= 0.6 is 0 Å². The topological polar surface area (TPSA) is 93.7 Å². The van der Waals surface area contributed by atoms with Gasteiger partial charge in [0.15, 0.2) is 5.75 Å². The lowest BCUT2D eigenvalue weighted by Crippen LogP contribution is -2.13. The van der Waals surface area contributed by atoms with Crippen molar-refractivity contribution in [3.05, 3.63) is 72.3 Å². The summed E-state index contributed by atoms with van der Waals surface area (Å²) in [5, 5.41) is 2.69. The number of hydrogen-bond donors (Lipinski definition) is 2. The molecule has 0 radical (unpaired) electrons. The number of rotatable bonds is 7. The molecular formula is C22H20N2O5S. The maximum absolute atomic E-state index is 12.9. The third-order valence-corrected chi connectivity index (χ3v) is 5.87. The molecule has 0 saturated carbocycles. The molecule has 0 aromatic heterocycles. The molecule has 4 rings (SSSR count). The highest BCUT2D eigenvalue weighted by atomic mass is 32.2. The molecule has 0 saturated heterocycles. The van der Waals surface area contributed by atoms with E-state index in [-0.39, 0.29) is 17.2 Å². The fourth-order valence-electron chi connectivity index (χ4n) is 3.11. The molecule has 0 bridgehead atoms. The van der Waals surface area contributed by atoms with Crippen molar-refractivity contribution in [2.75, 3.05) is 16.6 Å². The number of anilines is 2. The molecule has 0 spiro atoms. The Morgan fingerprint density at radius 2 is 1.73 bits per heavy atom. The van der Waals surface area contributed by atoms with Crippen LogP contribution in [0.1, 0.15) is 12.5 Å². The number of sulfonamides is 1. The Labute approximate surface area is 174 Å². The zero-order chi connectivity index (χ0) is 21.1. The molecule has 2 N–H and O–H groups in total. The van der Waals surface area contributed by atoms with E-state index in [0.717, 1.165) is 5.75 Å². The fourth-order valence-corrected chi connectivity index (χ4v) is 4.23. The smallest absolute Gasteiger partial charge is 0.262 e. The standard InChI is InChI=1S/C22H20N2O5S/c1-2-28-16-7-9-17(10-8-16)29-21-6-4-3-5-20(21)24-30(26,27)18-11-12-19-15(13-18)14-22(25)23-19/h3-13,24H,2,14H2,1H3,(H,23,25). The van der Waals surface area contributed by atoms with Crippen LogP contribution in [0.15, 0.2) is 71.6 Å². The van der Waals surface area contributed by atoms with Crippen molar-refractivity contribution >= 4 is 27.3 Å². The minimum absolute atomic E-state index is 0.0774. The van der Waals surface area contributed by atoms with Gasteiger partial charge >= 0.3 is 0 Å². The summed E-state index contributed by atoms with van der Waals surface area (Å²) in [4.78, 5) is 11.6. The average molecular weight is 424 g/mol. The minimum Gasteiger partial charge on any atom is -0.494 e. The van der Waals surface area contributed by atoms with E-state index in [9.17, 15) is 13.2 Å². The fraction of sp³-hybridized carbons (Fsp3) is 0.136. The first-order valence-corrected chi connectivity index (χ1v) is 10.9. The minimum atomic E-state index is -3.87. The quantitative estimate of drug-likeness (QED) is 0.594. The summed E-state index contributed by atoms with van der Waals surface area (Å²) in [6.45, 7) is 2.47. The summed E-state index contributed by atoms with van der Waals surface area (Å²) in [5.74, 6) is 1.49. The van der Waals surface area contributed by atoms with Crippen molar-refractivity contribution in [3.8, 4) is 17.2 Å². The van der Waals surface area contributed by atoms with Gasteiger partial charge in [0.05, 0.1) is 23.6 Å². The van der Waals surface area contributed by atoms with Gasteiger partial charge in [-0.25, -0.2) is 8.42 Å². The maximum atomic E-state index is 12.9. The lowest BCUT2D eigenvalue weighted by molar-refractivity contribution is -0.115. The van der Waals surface area contributed by atoms with Crippen LogP contribution in [0.3, 0.4) is 0 Å². The predicted molar refractivity (Wildman–Crippen MR) is 114 cm³/mol. The second-order valence-corrected chi connectivity index (χ2v) is 8.33. The number of nitrogens with one attached hydrogen (secondary N) is 2. The second-order valence-electron chi connectivity index (χ2n) is 6.65. The van der Waals surface area contributed by atoms with E-state index in [4.69, 9.17) is 9.47 Å². The van der Waals surface area contributed by atoms with Gasteiger partial charge in [-0.05, 0) is 67.1 Å². The van der Waals surface area contributed by atoms with Gasteiger partial charge in [-0.1, -0.05) is 12.1 Å². The summed E-state index contributed by atoms with van der Waals surface area (Å²) in [6, 6.07) is 18.4. The van der Waals surface area contributed by atoms with Gasteiger partial charge in [0.2, 0.25) is 5.91 Å². The van der Waals surface area contributed by atoms with Crippen LogP contribution in [0, 0.1) is 0 Å². The van der Waals surface area contributed by atoms with Crippen molar-refractivity contribution in [2.24, 2.45) is 0 Å². The molecule has 0 aliphatic carbocycles. The Balaban J connectivity index is 1.56. The van der Waals surface area contributed by atoms with Crippen molar-refractivity contribution in [2.45, 2.75) is 18.2 Å². The van der Waals surface area contributed by atoms with E-state index >= 15 is 0 Å². The van der Waals surface area contributed by atoms with E-state index in [1.165, 1.54) is 12.1 Å². The van der Waals surface area contributed by atoms with Crippen molar-refractivity contribution in [3.63, 3.8) is 0 Å². The molecule has 8 heteroatoms. The molecule has 1 heterocycles. The zero-order valence-electron chi connectivity index (χ0n) is 16.2. The first-order chi connectivity index (χ1) is 14.4. The molecule has 1 aliphatic rings. The number of hydrogen-bond acceptors (Lipinski definition) is 5. The molecule has 3 aromatic carbocycles. The Morgan fingerprint density at radius 3 is 2.50 bits per heavy atom. The van der Waals surface area contributed by atoms with Crippen LogP contribution in [0.2, 0.25) is 0 Å². The van der Waals surface area contributed by atoms with Crippen LogP contribution in [-0.4, -0.2) is 20.9 Å². The van der Waals surface area contributed by atoms with Crippen molar-refractivity contribution in [1.82, 2.24) is 0 Å². The Hall–Kier alpha value is -3.52. The number of benzene rings is 3. The van der Waals surface area contributed by atoms with Gasteiger partial charge in [0.25, 0.3) is 10.0 Å². The molecule has 3 aromatic rings. The summed E-state index contributed by atoms with van der Waals surface area (Å²) >= 11 is 0. The van der Waals surface area contributed by atoms with Crippen LogP contribution in [0.4, 0.5) is 11.4 Å². The summed E-state index contributed by atoms with van der Waals surface area (Å²) in [5.41, 5.74) is 1.60. The number of para-hydroxylation sites is 2. The first-order valence-electron chi connectivity index (χ1n) is 9.40. The Kier molecular flexibility index (Phi) is 5.33. The Morgan fingerprint density at radius 1 is 1.00 bits per heavy atom. The highest BCUT2D eigenvalue weighted by molar-refractivity contribution is 7.92. The third kappa shape index (κ3) is 4.23. The van der Waals surface area contributed by atoms with E-state index in [0.29, 0.717) is 35.0 Å². The monoisotopic (exact) mass is 424 g/mol. The van der Waals surface area contributed by atoms with E-state index in [2.05, 4.69) is 10.0 Å². The van der Waals surface area contributed by atoms with Crippen LogP contribution in [0.5, 0.6) is 17.2 Å². The highest BCUT2D eigenvalue weighted by Gasteiger charge is 2.22. The zero-order valence-corrected chi connectivity index (χ0v) is 17.0. The predicted octanol–water partition coefficient (Wildman–Crippen LogP) is 4.17. The summed E-state index contributed by atoms with van der Waals surface area (Å²) in [7, 11) is -3.87. The van der Waals surface area contributed by atoms with Crippen molar-refractivity contribution < 1.29 is 22.7 Å². The number of fused-ring (bicyclic) bond motifs is 1. The van der Waals surface area contributed by atoms with Gasteiger partial charge in [0, 0.05) is 5.69 Å². The molecule has 0 fully saturated rings. The average Bonchev–Trinajstić information content (AvgIpc) is 3.10. The van der Waals surface area contributed by atoms with Gasteiger partial charge < -0.3 is 14.8 Å². The van der Waals surface area contributed by atoms with E-state index < -0.39 is 10.0 Å². The molecule has 30 heavy (non-hydrogen) atoms. The third-order valence-electron chi connectivity index (χ3n) is 4.51. The van der Waals surface area contributed by atoms with Gasteiger partial charge in [-0.3, -0.25) is 9.52 Å². The molecule has 1 aliphatic heterocycles. The first kappa shape index (κ1) is 19.8. The molecule has 1 amide bonds. The van der Waals surface area contributed by atoms with E-state index in [1.807, 2.05) is 6.92 Å². The van der Waals surface area contributed by atoms with E-state index in [1.54, 1.807) is 54.6 Å². The molecule has 154 valence electrons. The maximum Gasteiger partial charge on any atom is 0.262 e. The summed E-state index contributed by atoms with van der Waals surface area (Å²) in [6.07, 6.45) is 0.163. The molecule has 0 atom stereocenters. The van der Waals surface area contributed by atoms with Crippen LogP contribution < -0.4 is 19.5 Å². The highest BCUT2D eigenvalue weighted by Crippen LogP contribution is 2.33. The Bertz CT molecular complexity index is 1190. The molecular weight excluding hydrogens is 404 g/mol. The lowest BCUT2D eigenvalue weighted by atomic mass is 10.2. The number of carbonyl (C=O) groups is 1. The van der Waals surface area contributed by atoms with Crippen LogP contribution in [0.25, 0.3) is 0 Å². The number of amides is 1. The van der Waals surface area contributed by atoms with Crippen molar-refractivity contribution in [1.29, 1.82) is 0 Å². The summed E-state index contributed by atoms with van der Waals surface area (Å²) < 4.78 is 39.7. The molecule has 7 nitrogen and oxygen atoms in total. The number of carbonyl (C=O) groups excluding carboxylic acids is 1. The van der Waals surface area contributed by atoms with Gasteiger partial charge in [-0.2, -0.15) is 0 Å².